The standard InChI is InChI=1S/C12H23NO2/c1-9-3-5-13-11(7-9)12(2,14)10-4-6-15-8-10/h9-11,13-14H,3-8H2,1-2H3. The Labute approximate surface area is 92.2 Å². The van der Waals surface area contributed by atoms with Crippen molar-refractivity contribution in [1.29, 1.82) is 0 Å². The van der Waals surface area contributed by atoms with Crippen molar-refractivity contribution < 1.29 is 9.84 Å². The average molecular weight is 213 g/mol. The van der Waals surface area contributed by atoms with Crippen LogP contribution in [0.2, 0.25) is 0 Å². The van der Waals surface area contributed by atoms with E-state index in [0.717, 1.165) is 38.5 Å². The molecule has 3 heteroatoms. The zero-order chi connectivity index (χ0) is 10.9. The Morgan fingerprint density at radius 1 is 1.40 bits per heavy atom. The third-order valence-corrected chi connectivity index (χ3v) is 4.13. The molecule has 0 aliphatic carbocycles. The van der Waals surface area contributed by atoms with Crippen LogP contribution in [0.5, 0.6) is 0 Å². The van der Waals surface area contributed by atoms with E-state index in [2.05, 4.69) is 12.2 Å². The van der Waals surface area contributed by atoms with E-state index in [-0.39, 0.29) is 6.04 Å². The van der Waals surface area contributed by atoms with Crippen LogP contribution in [0.15, 0.2) is 0 Å². The summed E-state index contributed by atoms with van der Waals surface area (Å²) in [4.78, 5) is 0. The lowest BCUT2D eigenvalue weighted by Gasteiger charge is -2.41. The van der Waals surface area contributed by atoms with Crippen molar-refractivity contribution in [3.05, 3.63) is 0 Å². The molecule has 15 heavy (non-hydrogen) atoms. The topological polar surface area (TPSA) is 41.5 Å². The highest BCUT2D eigenvalue weighted by Gasteiger charge is 2.42. The fourth-order valence-electron chi connectivity index (χ4n) is 2.83. The molecule has 0 aromatic rings. The van der Waals surface area contributed by atoms with Gasteiger partial charge < -0.3 is 15.2 Å². The Morgan fingerprint density at radius 2 is 2.20 bits per heavy atom. The van der Waals surface area contributed by atoms with Gasteiger partial charge in [-0.05, 0) is 38.6 Å². The van der Waals surface area contributed by atoms with Gasteiger partial charge in [0.05, 0.1) is 12.2 Å². The first-order valence-corrected chi connectivity index (χ1v) is 6.14. The first-order valence-electron chi connectivity index (χ1n) is 6.14. The van der Waals surface area contributed by atoms with Crippen molar-refractivity contribution in [1.82, 2.24) is 5.32 Å². The van der Waals surface area contributed by atoms with Crippen molar-refractivity contribution >= 4 is 0 Å². The van der Waals surface area contributed by atoms with Crippen LogP contribution in [0.1, 0.15) is 33.1 Å². The van der Waals surface area contributed by atoms with E-state index in [4.69, 9.17) is 4.74 Å². The first kappa shape index (κ1) is 11.4. The van der Waals surface area contributed by atoms with Gasteiger partial charge in [-0.3, -0.25) is 0 Å². The summed E-state index contributed by atoms with van der Waals surface area (Å²) in [5.41, 5.74) is -0.606. The Hall–Kier alpha value is -0.120. The number of hydrogen-bond donors (Lipinski definition) is 2. The molecule has 0 radical (unpaired) electrons. The van der Waals surface area contributed by atoms with E-state index in [9.17, 15) is 5.11 Å². The first-order chi connectivity index (χ1) is 7.10. The molecule has 4 atom stereocenters. The monoisotopic (exact) mass is 213 g/mol. The second-order valence-electron chi connectivity index (χ2n) is 5.42. The lowest BCUT2D eigenvalue weighted by molar-refractivity contribution is -0.0488. The van der Waals surface area contributed by atoms with Gasteiger partial charge in [0.15, 0.2) is 0 Å². The van der Waals surface area contributed by atoms with Crippen molar-refractivity contribution in [2.24, 2.45) is 11.8 Å². The number of nitrogens with one attached hydrogen (secondary N) is 1. The van der Waals surface area contributed by atoms with Crippen LogP contribution in [0.25, 0.3) is 0 Å². The molecule has 0 aromatic carbocycles. The molecular weight excluding hydrogens is 190 g/mol. The zero-order valence-corrected chi connectivity index (χ0v) is 9.83. The molecule has 2 N–H and O–H groups in total. The van der Waals surface area contributed by atoms with Gasteiger partial charge in [-0.15, -0.1) is 0 Å². The predicted molar refractivity (Wildman–Crippen MR) is 59.7 cm³/mol. The molecule has 0 bridgehead atoms. The molecule has 2 saturated heterocycles. The van der Waals surface area contributed by atoms with Crippen molar-refractivity contribution in [2.45, 2.75) is 44.8 Å². The summed E-state index contributed by atoms with van der Waals surface area (Å²) < 4.78 is 5.37. The minimum absolute atomic E-state index is 0.243. The van der Waals surface area contributed by atoms with Crippen LogP contribution >= 0.6 is 0 Å². The van der Waals surface area contributed by atoms with E-state index in [0.29, 0.717) is 5.92 Å². The SMILES string of the molecule is CC1CCNC(C(C)(O)C2CCOC2)C1. The van der Waals surface area contributed by atoms with Gasteiger partial charge in [0.2, 0.25) is 0 Å². The summed E-state index contributed by atoms with van der Waals surface area (Å²) in [6, 6.07) is 0.243. The van der Waals surface area contributed by atoms with Crippen LogP contribution < -0.4 is 5.32 Å². The maximum Gasteiger partial charge on any atom is 0.0822 e. The van der Waals surface area contributed by atoms with Crippen LogP contribution in [-0.2, 0) is 4.74 Å². The highest BCUT2D eigenvalue weighted by Crippen LogP contribution is 2.33. The van der Waals surface area contributed by atoms with E-state index in [1.165, 1.54) is 6.42 Å². The van der Waals surface area contributed by atoms with Crippen LogP contribution in [0.3, 0.4) is 0 Å². The molecular formula is C12H23NO2. The number of ether oxygens (including phenoxy) is 1. The summed E-state index contributed by atoms with van der Waals surface area (Å²) in [6.45, 7) is 6.81. The van der Waals surface area contributed by atoms with Crippen molar-refractivity contribution in [3.8, 4) is 0 Å². The molecule has 0 spiro atoms. The van der Waals surface area contributed by atoms with Crippen LogP contribution in [0, 0.1) is 11.8 Å². The maximum absolute atomic E-state index is 10.6. The number of piperidine rings is 1. The third-order valence-electron chi connectivity index (χ3n) is 4.13. The van der Waals surface area contributed by atoms with Gasteiger partial charge >= 0.3 is 0 Å². The number of hydrogen-bond acceptors (Lipinski definition) is 3. The van der Waals surface area contributed by atoms with E-state index in [1.54, 1.807) is 0 Å². The predicted octanol–water partition coefficient (Wildman–Crippen LogP) is 1.16. The Bertz CT molecular complexity index is 212. The largest absolute Gasteiger partial charge is 0.388 e. The fraction of sp³-hybridized carbons (Fsp3) is 1.00. The van der Waals surface area contributed by atoms with Crippen LogP contribution in [0.4, 0.5) is 0 Å². The Balaban J connectivity index is 1.99. The minimum Gasteiger partial charge on any atom is -0.388 e. The van der Waals surface area contributed by atoms with E-state index in [1.807, 2.05) is 6.92 Å². The number of rotatable bonds is 2. The summed E-state index contributed by atoms with van der Waals surface area (Å²) in [6.07, 6.45) is 3.32. The van der Waals surface area contributed by atoms with Crippen LogP contribution in [-0.4, -0.2) is 36.5 Å². The van der Waals surface area contributed by atoms with Crippen molar-refractivity contribution in [3.63, 3.8) is 0 Å². The molecule has 0 aromatic heterocycles. The Morgan fingerprint density at radius 3 is 2.80 bits per heavy atom. The molecule has 88 valence electrons. The normalized spacial score (nSPS) is 41.4. The quantitative estimate of drug-likeness (QED) is 0.723. The van der Waals surface area contributed by atoms with Gasteiger partial charge in [-0.1, -0.05) is 6.92 Å². The molecule has 4 unspecified atom stereocenters. The third kappa shape index (κ3) is 2.35. The molecule has 2 heterocycles. The fourth-order valence-corrected chi connectivity index (χ4v) is 2.83. The van der Waals surface area contributed by atoms with Gasteiger partial charge in [-0.2, -0.15) is 0 Å². The second-order valence-corrected chi connectivity index (χ2v) is 5.42. The number of aliphatic hydroxyl groups is 1. The summed E-state index contributed by atoms with van der Waals surface area (Å²) in [5.74, 6) is 1.03. The summed E-state index contributed by atoms with van der Waals surface area (Å²) in [5, 5.41) is 14.1. The van der Waals surface area contributed by atoms with Gasteiger partial charge in [0.25, 0.3) is 0 Å². The molecule has 0 amide bonds. The van der Waals surface area contributed by atoms with E-state index >= 15 is 0 Å². The molecule has 2 rings (SSSR count). The highest BCUT2D eigenvalue weighted by molar-refractivity contribution is 4.97. The summed E-state index contributed by atoms with van der Waals surface area (Å²) >= 11 is 0. The smallest absolute Gasteiger partial charge is 0.0822 e. The average Bonchev–Trinajstić information content (AvgIpc) is 2.71. The van der Waals surface area contributed by atoms with Crippen molar-refractivity contribution in [2.75, 3.05) is 19.8 Å². The molecule has 3 nitrogen and oxygen atoms in total. The van der Waals surface area contributed by atoms with E-state index < -0.39 is 5.60 Å². The molecule has 0 saturated carbocycles. The van der Waals surface area contributed by atoms with Gasteiger partial charge in [0.1, 0.15) is 0 Å². The second kappa shape index (κ2) is 4.40. The zero-order valence-electron chi connectivity index (χ0n) is 9.83. The Kier molecular flexibility index (Phi) is 3.33. The minimum atomic E-state index is -0.606. The van der Waals surface area contributed by atoms with Gasteiger partial charge in [0, 0.05) is 18.6 Å². The molecule has 2 aliphatic heterocycles. The van der Waals surface area contributed by atoms with Gasteiger partial charge in [-0.25, -0.2) is 0 Å². The highest BCUT2D eigenvalue weighted by atomic mass is 16.5. The maximum atomic E-state index is 10.6. The summed E-state index contributed by atoms with van der Waals surface area (Å²) in [7, 11) is 0. The molecule has 2 fully saturated rings. The lowest BCUT2D eigenvalue weighted by Crippen LogP contribution is -2.56. The lowest BCUT2D eigenvalue weighted by atomic mass is 9.77. The molecule has 2 aliphatic rings.